The molecule has 1 N–H and O–H groups in total. The minimum Gasteiger partial charge on any atom is -0.376 e. The Morgan fingerprint density at radius 1 is 1.22 bits per heavy atom. The van der Waals surface area contributed by atoms with Crippen LogP contribution in [0.4, 0.5) is 0 Å². The number of nitrogens with one attached hydrogen (secondary N) is 1. The number of fused-ring (bicyclic) bond motifs is 1. The number of carbonyl (C=O) groups is 1. The summed E-state index contributed by atoms with van der Waals surface area (Å²) in [6.07, 6.45) is 3.60. The summed E-state index contributed by atoms with van der Waals surface area (Å²) in [7, 11) is 0. The number of ether oxygens (including phenoxy) is 1. The Morgan fingerprint density at radius 3 is 2.74 bits per heavy atom. The Labute approximate surface area is 156 Å². The smallest absolute Gasteiger partial charge is 0.265 e. The van der Waals surface area contributed by atoms with Crippen molar-refractivity contribution in [3.63, 3.8) is 0 Å². The van der Waals surface area contributed by atoms with E-state index in [1.807, 2.05) is 25.1 Å². The minimum atomic E-state index is -0.145. The SMILES string of the molecule is C[C@@H](NC(=O)c1ccc(-n2cnc3ccccc3c2=O)cc1)[C@H]1CCCO1. The van der Waals surface area contributed by atoms with Gasteiger partial charge in [-0.15, -0.1) is 0 Å². The molecule has 0 spiro atoms. The van der Waals surface area contributed by atoms with Crippen molar-refractivity contribution in [2.45, 2.75) is 31.9 Å². The molecule has 27 heavy (non-hydrogen) atoms. The number of benzene rings is 2. The highest BCUT2D eigenvalue weighted by Gasteiger charge is 2.23. The first kappa shape index (κ1) is 17.4. The molecule has 0 bridgehead atoms. The molecule has 0 radical (unpaired) electrons. The summed E-state index contributed by atoms with van der Waals surface area (Å²) in [5, 5.41) is 3.55. The van der Waals surface area contributed by atoms with Crippen LogP contribution in [0.1, 0.15) is 30.1 Å². The van der Waals surface area contributed by atoms with E-state index in [2.05, 4.69) is 10.3 Å². The maximum atomic E-state index is 12.7. The van der Waals surface area contributed by atoms with E-state index in [9.17, 15) is 9.59 Å². The van der Waals surface area contributed by atoms with Crippen molar-refractivity contribution in [1.29, 1.82) is 0 Å². The molecule has 0 unspecified atom stereocenters. The third-order valence-corrected chi connectivity index (χ3v) is 4.95. The largest absolute Gasteiger partial charge is 0.376 e. The molecule has 4 rings (SSSR count). The molecule has 1 amide bonds. The van der Waals surface area contributed by atoms with Crippen LogP contribution >= 0.6 is 0 Å². The molecule has 0 aliphatic carbocycles. The van der Waals surface area contributed by atoms with Gasteiger partial charge in [-0.2, -0.15) is 0 Å². The monoisotopic (exact) mass is 363 g/mol. The summed E-state index contributed by atoms with van der Waals surface area (Å²) in [5.41, 5.74) is 1.75. The molecular formula is C21H21N3O3. The molecule has 3 aromatic rings. The van der Waals surface area contributed by atoms with Crippen LogP contribution < -0.4 is 10.9 Å². The van der Waals surface area contributed by atoms with Crippen LogP contribution in [0.3, 0.4) is 0 Å². The lowest BCUT2D eigenvalue weighted by atomic mass is 10.1. The third-order valence-electron chi connectivity index (χ3n) is 4.95. The molecule has 1 aliphatic rings. The normalized spacial score (nSPS) is 17.7. The lowest BCUT2D eigenvalue weighted by Gasteiger charge is -2.20. The van der Waals surface area contributed by atoms with Crippen molar-refractivity contribution in [2.24, 2.45) is 0 Å². The van der Waals surface area contributed by atoms with E-state index in [-0.39, 0.29) is 23.6 Å². The topological polar surface area (TPSA) is 73.2 Å². The molecule has 1 saturated heterocycles. The molecule has 0 saturated carbocycles. The number of nitrogens with zero attached hydrogens (tertiary/aromatic N) is 2. The summed E-state index contributed by atoms with van der Waals surface area (Å²) in [6.45, 7) is 2.72. The molecular weight excluding hydrogens is 342 g/mol. The van der Waals surface area contributed by atoms with Crippen molar-refractivity contribution in [3.05, 3.63) is 70.8 Å². The average Bonchev–Trinajstić information content (AvgIpc) is 3.24. The average molecular weight is 363 g/mol. The van der Waals surface area contributed by atoms with Gasteiger partial charge in [-0.05, 0) is 56.2 Å². The summed E-state index contributed by atoms with van der Waals surface area (Å²) in [6, 6.07) is 14.1. The first-order chi connectivity index (χ1) is 13.1. The van der Waals surface area contributed by atoms with E-state index in [4.69, 9.17) is 4.74 Å². The fraction of sp³-hybridized carbons (Fsp3) is 0.286. The predicted molar refractivity (Wildman–Crippen MR) is 103 cm³/mol. The highest BCUT2D eigenvalue weighted by molar-refractivity contribution is 5.94. The van der Waals surface area contributed by atoms with Gasteiger partial charge in [0.2, 0.25) is 0 Å². The van der Waals surface area contributed by atoms with E-state index in [1.165, 1.54) is 10.9 Å². The molecule has 1 fully saturated rings. The van der Waals surface area contributed by atoms with Gasteiger partial charge in [0.15, 0.2) is 0 Å². The number of hydrogen-bond acceptors (Lipinski definition) is 4. The zero-order valence-corrected chi connectivity index (χ0v) is 15.1. The van der Waals surface area contributed by atoms with E-state index in [0.29, 0.717) is 22.2 Å². The van der Waals surface area contributed by atoms with Crippen molar-refractivity contribution in [2.75, 3.05) is 6.61 Å². The van der Waals surface area contributed by atoms with Gasteiger partial charge in [-0.3, -0.25) is 14.2 Å². The van der Waals surface area contributed by atoms with Crippen LogP contribution in [0, 0.1) is 0 Å². The Hall–Kier alpha value is -2.99. The summed E-state index contributed by atoms with van der Waals surface area (Å²) in [4.78, 5) is 29.5. The summed E-state index contributed by atoms with van der Waals surface area (Å²) < 4.78 is 7.10. The van der Waals surface area contributed by atoms with Gasteiger partial charge in [0.05, 0.1) is 28.7 Å². The van der Waals surface area contributed by atoms with Gasteiger partial charge >= 0.3 is 0 Å². The second-order valence-corrected chi connectivity index (χ2v) is 6.80. The third kappa shape index (κ3) is 3.48. The quantitative estimate of drug-likeness (QED) is 0.773. The van der Waals surface area contributed by atoms with Crippen LogP contribution in [-0.2, 0) is 4.74 Å². The van der Waals surface area contributed by atoms with Gasteiger partial charge in [-0.1, -0.05) is 12.1 Å². The Bertz CT molecular complexity index is 1020. The second kappa shape index (κ2) is 7.32. The Balaban J connectivity index is 1.54. The fourth-order valence-corrected chi connectivity index (χ4v) is 3.41. The van der Waals surface area contributed by atoms with Gasteiger partial charge in [-0.25, -0.2) is 4.98 Å². The zero-order valence-electron chi connectivity index (χ0n) is 15.1. The number of carbonyl (C=O) groups excluding carboxylic acids is 1. The number of amides is 1. The Kier molecular flexibility index (Phi) is 4.73. The van der Waals surface area contributed by atoms with Crippen LogP contribution in [0.15, 0.2) is 59.7 Å². The molecule has 6 heteroatoms. The maximum absolute atomic E-state index is 12.7. The fourth-order valence-electron chi connectivity index (χ4n) is 3.41. The molecule has 1 aromatic heterocycles. The molecule has 1 aliphatic heterocycles. The highest BCUT2D eigenvalue weighted by Crippen LogP contribution is 2.16. The van der Waals surface area contributed by atoms with Crippen molar-refractivity contribution >= 4 is 16.8 Å². The molecule has 2 atom stereocenters. The van der Waals surface area contributed by atoms with Crippen LogP contribution in [-0.4, -0.2) is 34.2 Å². The van der Waals surface area contributed by atoms with Crippen molar-refractivity contribution in [1.82, 2.24) is 14.9 Å². The lowest BCUT2D eigenvalue weighted by Crippen LogP contribution is -2.40. The predicted octanol–water partition coefficient (Wildman–Crippen LogP) is 2.68. The van der Waals surface area contributed by atoms with Crippen molar-refractivity contribution in [3.8, 4) is 5.69 Å². The molecule has 2 aromatic carbocycles. The van der Waals surface area contributed by atoms with Crippen LogP contribution in [0.25, 0.3) is 16.6 Å². The van der Waals surface area contributed by atoms with Gasteiger partial charge in [0.1, 0.15) is 6.33 Å². The van der Waals surface area contributed by atoms with Crippen LogP contribution in [0.2, 0.25) is 0 Å². The number of para-hydroxylation sites is 1. The first-order valence-electron chi connectivity index (χ1n) is 9.13. The lowest BCUT2D eigenvalue weighted by molar-refractivity contribution is 0.0712. The van der Waals surface area contributed by atoms with E-state index < -0.39 is 0 Å². The molecule has 6 nitrogen and oxygen atoms in total. The zero-order chi connectivity index (χ0) is 18.8. The van der Waals surface area contributed by atoms with Gasteiger partial charge < -0.3 is 10.1 Å². The minimum absolute atomic E-state index is 0.0352. The van der Waals surface area contributed by atoms with E-state index in [1.54, 1.807) is 30.3 Å². The molecule has 138 valence electrons. The first-order valence-corrected chi connectivity index (χ1v) is 9.13. The number of aromatic nitrogens is 2. The number of hydrogen-bond donors (Lipinski definition) is 1. The number of rotatable bonds is 4. The molecule has 2 heterocycles. The maximum Gasteiger partial charge on any atom is 0.265 e. The standard InChI is InChI=1S/C21H21N3O3/c1-14(19-7-4-12-27-19)23-20(25)15-8-10-16(11-9-15)24-13-22-18-6-3-2-5-17(18)21(24)26/h2-3,5-6,8-11,13-14,19H,4,7,12H2,1H3,(H,23,25)/t14-,19-/m1/s1. The van der Waals surface area contributed by atoms with Gasteiger partial charge in [0, 0.05) is 12.2 Å². The highest BCUT2D eigenvalue weighted by atomic mass is 16.5. The summed E-state index contributed by atoms with van der Waals surface area (Å²) in [5.74, 6) is -0.145. The van der Waals surface area contributed by atoms with E-state index in [0.717, 1.165) is 19.4 Å². The summed E-state index contributed by atoms with van der Waals surface area (Å²) >= 11 is 0. The van der Waals surface area contributed by atoms with E-state index >= 15 is 0 Å². The Morgan fingerprint density at radius 2 is 2.00 bits per heavy atom. The van der Waals surface area contributed by atoms with Crippen LogP contribution in [0.5, 0.6) is 0 Å². The van der Waals surface area contributed by atoms with Crippen molar-refractivity contribution < 1.29 is 9.53 Å². The van der Waals surface area contributed by atoms with Gasteiger partial charge in [0.25, 0.3) is 11.5 Å². The second-order valence-electron chi connectivity index (χ2n) is 6.80.